The van der Waals surface area contributed by atoms with Crippen LogP contribution in [0.2, 0.25) is 0 Å². The number of fused-ring (bicyclic) bond motifs is 6. The van der Waals surface area contributed by atoms with E-state index in [4.69, 9.17) is 25.1 Å². The van der Waals surface area contributed by atoms with Crippen LogP contribution in [0.15, 0.2) is 112 Å². The SMILES string of the molecule is C.CCC(=O)C1CCC(CNC(=O)N/N=C/[C@@H](N)CC)CC1.CCC(=O)C1CCC(CNC(=O)N/N=C/[C@H](CC)NC(=O)[C@@H]2C[C@@H](O)CN2C(=O)OCC2c3ccccc3-c3ccccc32)CC1.CC[C@@H](/C=N/NC(=O)NCC1CCC(C(=O)O)CC1)NC(=O)OC(C)(C)C.CN.O=C(O)[C@@H]1C[C@@H](O)CN1C(=O)OCC1c2ccccc2-c2ccccc21. The molecule has 4 aromatic rings. The lowest BCUT2D eigenvalue weighted by Crippen LogP contribution is -2.49. The van der Waals surface area contributed by atoms with E-state index in [2.05, 4.69) is 76.0 Å². The van der Waals surface area contributed by atoms with E-state index in [1.807, 2.05) is 120 Å². The lowest BCUT2D eigenvalue weighted by molar-refractivity contribution is -0.143. The molecule has 2 saturated heterocycles. The van der Waals surface area contributed by atoms with E-state index in [9.17, 15) is 68.1 Å². The van der Waals surface area contributed by atoms with Crippen LogP contribution in [0.5, 0.6) is 0 Å². The summed E-state index contributed by atoms with van der Waals surface area (Å²) in [4.78, 5) is 134. The molecule has 5 aliphatic carbocycles. The van der Waals surface area contributed by atoms with E-state index >= 15 is 0 Å². The van der Waals surface area contributed by atoms with Gasteiger partial charge in [-0.1, -0.05) is 139 Å². The van der Waals surface area contributed by atoms with Crippen LogP contribution in [0.4, 0.5) is 28.8 Å². The van der Waals surface area contributed by atoms with Crippen molar-refractivity contribution in [2.45, 2.75) is 245 Å². The number of nitrogens with two attached hydrogens (primary N) is 2. The van der Waals surface area contributed by atoms with Crippen molar-refractivity contribution in [3.63, 3.8) is 0 Å². The minimum absolute atomic E-state index is 0. The number of ether oxygens (including phenoxy) is 3. The lowest BCUT2D eigenvalue weighted by atomic mass is 9.79. The zero-order chi connectivity index (χ0) is 89.0. The summed E-state index contributed by atoms with van der Waals surface area (Å²) in [5.74, 6) is -0.590. The van der Waals surface area contributed by atoms with Crippen LogP contribution < -0.4 is 54.3 Å². The Kier molecular flexibility index (Phi) is 42.0. The number of alkyl carbamates (subject to hydrolysis) is 1. The number of hydrazone groups is 3. The summed E-state index contributed by atoms with van der Waals surface area (Å²) >= 11 is 0. The summed E-state index contributed by atoms with van der Waals surface area (Å²) in [5.41, 5.74) is 25.7. The summed E-state index contributed by atoms with van der Waals surface area (Å²) in [6, 6.07) is 28.0. The number of likely N-dealkylation sites (tertiary alicyclic amines) is 2. The Balaban J connectivity index is 0.000000264. The van der Waals surface area contributed by atoms with Crippen LogP contribution in [-0.4, -0.2) is 216 Å². The van der Waals surface area contributed by atoms with E-state index in [-0.39, 0.29) is 100 Å². The fourth-order valence-corrected chi connectivity index (χ4v) is 16.2. The van der Waals surface area contributed by atoms with Crippen molar-refractivity contribution < 1.29 is 87.4 Å². The maximum atomic E-state index is 13.3. The van der Waals surface area contributed by atoms with Crippen LogP contribution >= 0.6 is 0 Å². The van der Waals surface area contributed by atoms with Gasteiger partial charge in [0.2, 0.25) is 5.91 Å². The zero-order valence-electron chi connectivity index (χ0n) is 71.9. The molecule has 7 atom stereocenters. The Morgan fingerprint density at radius 1 is 0.472 bits per heavy atom. The van der Waals surface area contributed by atoms with Crippen molar-refractivity contribution in [2.75, 3.05) is 53.0 Å². The molecule has 11 rings (SSSR count). The summed E-state index contributed by atoms with van der Waals surface area (Å²) in [6.45, 7) is 16.7. The second-order valence-corrected chi connectivity index (χ2v) is 32.7. The second-order valence-electron chi connectivity index (χ2n) is 32.7. The molecule has 4 aromatic carbocycles. The largest absolute Gasteiger partial charge is 0.481 e. The first-order valence-electron chi connectivity index (χ1n) is 43.0. The molecule has 2 heterocycles. The number of hydrogen-bond donors (Lipinski definition) is 14. The number of aliphatic carboxylic acids is 2. The Bertz CT molecular complexity index is 4100. The molecule has 0 bridgehead atoms. The van der Waals surface area contributed by atoms with Gasteiger partial charge in [0.15, 0.2) is 0 Å². The zero-order valence-corrected chi connectivity index (χ0v) is 71.9. The fourth-order valence-electron chi connectivity index (χ4n) is 16.2. The minimum Gasteiger partial charge on any atom is -0.481 e. The highest BCUT2D eigenvalue weighted by atomic mass is 16.6. The number of benzene rings is 4. The Labute approximate surface area is 722 Å². The van der Waals surface area contributed by atoms with Crippen molar-refractivity contribution in [1.82, 2.24) is 52.7 Å². The number of carbonyl (C=O) groups excluding carboxylic acids is 9. The number of aliphatic hydroxyl groups is 2. The lowest BCUT2D eigenvalue weighted by Gasteiger charge is -2.27. The number of carbonyl (C=O) groups is 11. The van der Waals surface area contributed by atoms with Gasteiger partial charge in [-0.15, -0.1) is 0 Å². The van der Waals surface area contributed by atoms with E-state index in [0.717, 1.165) is 120 Å². The molecule has 676 valence electrons. The third-order valence-electron chi connectivity index (χ3n) is 23.1. The number of nitrogens with one attached hydrogen (secondary N) is 8. The normalized spacial score (nSPS) is 21.9. The number of carboxylic acid groups (broad SMARTS) is 2. The summed E-state index contributed by atoms with van der Waals surface area (Å²) in [6.07, 6.45) is 14.4. The van der Waals surface area contributed by atoms with Gasteiger partial charge in [0.25, 0.3) is 0 Å². The number of urea groups is 3. The molecule has 2 aliphatic heterocycles. The average Bonchev–Trinajstić information content (AvgIpc) is 1.62. The monoisotopic (exact) mass is 1710 g/mol. The number of nitrogens with zero attached hydrogens (tertiary/aromatic N) is 5. The number of aliphatic hydroxyl groups excluding tert-OH is 2. The molecule has 33 heteroatoms. The predicted octanol–water partition coefficient (Wildman–Crippen LogP) is 11.3. The second kappa shape index (κ2) is 51.3. The van der Waals surface area contributed by atoms with E-state index < -0.39 is 84.1 Å². The van der Waals surface area contributed by atoms with Gasteiger partial charge in [0, 0.05) is 93.7 Å². The molecule has 33 nitrogen and oxygen atoms in total. The van der Waals surface area contributed by atoms with Gasteiger partial charge >= 0.3 is 48.3 Å². The van der Waals surface area contributed by atoms with Crippen LogP contribution in [0.1, 0.15) is 219 Å². The van der Waals surface area contributed by atoms with Gasteiger partial charge in [0.1, 0.15) is 42.5 Å². The maximum Gasteiger partial charge on any atom is 0.410 e. The number of carboxylic acids is 2. The number of β-amino-alcohol motifs (C(OH)–C–C–N with tert-alkyl or cyclic N) is 2. The predicted molar refractivity (Wildman–Crippen MR) is 470 cm³/mol. The quantitative estimate of drug-likeness (QED) is 0.0143. The molecular weight excluding hydrogens is 1580 g/mol. The summed E-state index contributed by atoms with van der Waals surface area (Å²) in [7, 11) is 1.50. The van der Waals surface area contributed by atoms with Gasteiger partial charge in [-0.2, -0.15) is 15.3 Å². The first-order valence-corrected chi connectivity index (χ1v) is 43.0. The Morgan fingerprint density at radius 3 is 1.14 bits per heavy atom. The number of amides is 10. The van der Waals surface area contributed by atoms with Crippen LogP contribution in [0.3, 0.4) is 0 Å². The van der Waals surface area contributed by atoms with Crippen LogP contribution in [-0.2, 0) is 38.2 Å². The summed E-state index contributed by atoms with van der Waals surface area (Å²) < 4.78 is 16.4. The molecule has 16 N–H and O–H groups in total. The molecule has 0 spiro atoms. The highest BCUT2D eigenvalue weighted by molar-refractivity contribution is 5.90. The average molecular weight is 1710 g/mol. The molecule has 0 aromatic heterocycles. The highest BCUT2D eigenvalue weighted by Crippen LogP contribution is 2.46. The molecule has 5 fully saturated rings. The molecule has 10 amide bonds. The molecule has 3 saturated carbocycles. The standard InChI is InChI=1S/C35H45N5O6.C20H19NO5.C18H32N4O5.C15H28N4O2.CH5N.CH4/c1-3-24(19-37-39-34(44)36-18-22-13-15-23(16-14-22)32(42)4-2)38-33(43)31-17-25(41)20-40(31)35(45)46-21-30-28-11-7-5-9-26(28)27-10-6-8-12-29(27)30;22-12-9-18(19(23)24)21(10-12)20(25)26-11-17-15-7-3-1-5-13(15)14-6-2-4-8-16(14)17;1-5-14(21-17(26)27-18(2,3)4)11-20-22-16(25)19-10-12-6-8-13(9-7-12)15(23)24;1-3-13(16)10-18-19-15(21)17-9-11-5-7-12(8-6-11)14(20)4-2;1-2;/h5-12,19,22-25,30-31,41H,3-4,13-18,20-21H2,1-2H3,(H,38,43)(H2,36,39,44);1-8,12,17-18,22H,9-11H2,(H,23,24);11-14H,5-10H2,1-4H3,(H,21,26)(H,23,24)(H2,19,22,25);10-13H,3-9,16H2,1-2H3,(H2,17,19,21);2H2,1H3;1H4/b37-19+;;20-11+;18-10+;;/t22?,23?,24-,25+,31-;12-,18+;12?,13?,14-;11?,12?,13-;;/m0100../s1. The number of Topliss-reactive ketones (excluding diaryl/α,β-unsaturated/α-hetero) is 2. The molecule has 0 radical (unpaired) electrons. The number of hydrogen-bond acceptors (Lipinski definition) is 21. The fraction of sp³-hybridized carbons (Fsp3) is 0.578. The van der Waals surface area contributed by atoms with Crippen molar-refractivity contribution in [1.29, 1.82) is 0 Å². The van der Waals surface area contributed by atoms with Gasteiger partial charge in [0.05, 0.1) is 43.3 Å². The van der Waals surface area contributed by atoms with Crippen molar-refractivity contribution in [2.24, 2.45) is 62.3 Å². The van der Waals surface area contributed by atoms with Gasteiger partial charge in [-0.05, 0) is 186 Å². The highest BCUT2D eigenvalue weighted by Gasteiger charge is 2.43. The Hall–Kier alpha value is -10.9. The van der Waals surface area contributed by atoms with Gasteiger partial charge in [-0.3, -0.25) is 29.0 Å². The Morgan fingerprint density at radius 2 is 0.805 bits per heavy atom. The van der Waals surface area contributed by atoms with Crippen molar-refractivity contribution >= 4 is 84.4 Å². The summed E-state index contributed by atoms with van der Waals surface area (Å²) in [5, 5.41) is 63.9. The molecule has 0 unspecified atom stereocenters. The minimum atomic E-state index is -1.13. The van der Waals surface area contributed by atoms with Crippen LogP contribution in [0, 0.1) is 35.5 Å². The maximum absolute atomic E-state index is 13.3. The molecule has 7 aliphatic rings. The van der Waals surface area contributed by atoms with Crippen molar-refractivity contribution in [3.8, 4) is 22.3 Å². The topological polar surface area (TPSA) is 488 Å². The van der Waals surface area contributed by atoms with Gasteiger partial charge < -0.3 is 72.7 Å². The van der Waals surface area contributed by atoms with Crippen LogP contribution in [0.25, 0.3) is 22.3 Å². The van der Waals surface area contributed by atoms with E-state index in [0.29, 0.717) is 81.6 Å². The van der Waals surface area contributed by atoms with E-state index in [1.165, 1.54) is 30.6 Å². The number of ketones is 2. The van der Waals surface area contributed by atoms with E-state index in [1.54, 1.807) is 20.8 Å². The molecule has 123 heavy (non-hydrogen) atoms. The number of rotatable bonds is 28. The van der Waals surface area contributed by atoms with Crippen molar-refractivity contribution in [3.05, 3.63) is 119 Å². The smallest absolute Gasteiger partial charge is 0.410 e. The third-order valence-corrected chi connectivity index (χ3v) is 23.1. The van der Waals surface area contributed by atoms with Gasteiger partial charge in [-0.25, -0.2) is 49.8 Å². The first-order chi connectivity index (χ1) is 58.5. The molecular formula is C90H133N15O18. The first kappa shape index (κ1) is 101. The third kappa shape index (κ3) is 31.4.